The van der Waals surface area contributed by atoms with Crippen molar-refractivity contribution in [3.63, 3.8) is 0 Å². The fourth-order valence-electron chi connectivity index (χ4n) is 5.95. The largest absolute Gasteiger partial charge is 0.364 e. The molecule has 224 valence electrons. The van der Waals surface area contributed by atoms with E-state index in [4.69, 9.17) is 9.98 Å². The van der Waals surface area contributed by atoms with E-state index in [0.717, 1.165) is 39.5 Å². The van der Waals surface area contributed by atoms with Gasteiger partial charge in [-0.2, -0.15) is 0 Å². The third-order valence-electron chi connectivity index (χ3n) is 8.28. The zero-order valence-electron chi connectivity index (χ0n) is 25.1. The lowest BCUT2D eigenvalue weighted by Gasteiger charge is -2.18. The Morgan fingerprint density at radius 1 is 0.609 bits per heavy atom. The summed E-state index contributed by atoms with van der Waals surface area (Å²) in [6.07, 6.45) is 0.513. The van der Waals surface area contributed by atoms with E-state index in [0.29, 0.717) is 23.4 Å². The average molecular weight is 601 g/mol. The normalized spacial score (nSPS) is 15.6. The number of hydrogen-bond donors (Lipinski definition) is 2. The first-order valence-electron chi connectivity index (χ1n) is 15.4. The predicted octanol–water partition coefficient (Wildman–Crippen LogP) is 7.90. The molecule has 0 saturated heterocycles. The molecule has 0 bridgehead atoms. The van der Waals surface area contributed by atoms with Crippen LogP contribution >= 0.6 is 0 Å². The number of H-pyrrole nitrogens is 1. The van der Waals surface area contributed by atoms with Gasteiger partial charge in [0.25, 0.3) is 0 Å². The second-order valence-corrected chi connectivity index (χ2v) is 11.4. The van der Waals surface area contributed by atoms with E-state index in [1.807, 2.05) is 133 Å². The molecule has 0 radical (unpaired) electrons. The van der Waals surface area contributed by atoms with Gasteiger partial charge in [-0.25, -0.2) is 4.98 Å². The zero-order valence-corrected chi connectivity index (χ0v) is 25.1. The monoisotopic (exact) mass is 600 g/mol. The fraction of sp³-hybridized carbons (Fsp3) is 0.100. The second kappa shape index (κ2) is 13.0. The summed E-state index contributed by atoms with van der Waals surface area (Å²) in [7, 11) is 0. The Hall–Kier alpha value is -5.88. The van der Waals surface area contributed by atoms with Gasteiger partial charge >= 0.3 is 0 Å². The number of nitrogens with zero attached hydrogens (tertiary/aromatic N) is 2. The highest BCUT2D eigenvalue weighted by atomic mass is 16.1. The molecule has 2 atom stereocenters. The highest BCUT2D eigenvalue weighted by Gasteiger charge is 2.32. The Morgan fingerprint density at radius 2 is 1.17 bits per heavy atom. The first-order chi connectivity index (χ1) is 22.6. The van der Waals surface area contributed by atoms with Crippen molar-refractivity contribution in [1.29, 1.82) is 0 Å². The van der Waals surface area contributed by atoms with Crippen molar-refractivity contribution < 1.29 is 9.59 Å². The predicted molar refractivity (Wildman–Crippen MR) is 182 cm³/mol. The van der Waals surface area contributed by atoms with Crippen LogP contribution in [0.3, 0.4) is 0 Å². The molecule has 6 aromatic rings. The lowest BCUT2D eigenvalue weighted by atomic mass is 9.95. The van der Waals surface area contributed by atoms with Gasteiger partial charge in [0.15, 0.2) is 11.6 Å². The molecule has 1 aliphatic heterocycles. The molecule has 46 heavy (non-hydrogen) atoms. The average Bonchev–Trinajstić information content (AvgIpc) is 3.74. The summed E-state index contributed by atoms with van der Waals surface area (Å²) in [6, 6.07) is 46.4. The summed E-state index contributed by atoms with van der Waals surface area (Å²) in [5, 5.41) is 3.58. The van der Waals surface area contributed by atoms with Crippen LogP contribution in [0.1, 0.15) is 50.0 Å². The summed E-state index contributed by atoms with van der Waals surface area (Å²) in [5.41, 5.74) is 6.64. The molecule has 0 fully saturated rings. The maximum Gasteiger partial charge on any atom is 0.168 e. The van der Waals surface area contributed by atoms with Crippen LogP contribution in [-0.2, 0) is 6.42 Å². The van der Waals surface area contributed by atoms with Gasteiger partial charge in [0.1, 0.15) is 11.7 Å². The highest BCUT2D eigenvalue weighted by Crippen LogP contribution is 2.32. The molecule has 0 saturated carbocycles. The van der Waals surface area contributed by atoms with E-state index in [-0.39, 0.29) is 30.1 Å². The third-order valence-corrected chi connectivity index (χ3v) is 8.28. The van der Waals surface area contributed by atoms with E-state index in [1.165, 1.54) is 0 Å². The van der Waals surface area contributed by atoms with Crippen molar-refractivity contribution in [1.82, 2.24) is 15.3 Å². The standard InChI is InChI=1S/C40H32N4O2/c45-35(27-14-5-1-6-15-27)25-33-37(29-18-9-3-10-19-29)43-39(41-33)31-22-13-23-32(24-31)40-42-34(26-36(46)28-16-7-2-8-17-28)38(44-40)30-20-11-4-12-21-30/h1-24,33,37H,25-26H2,(H,41,43)(H,42,44). The molecule has 2 unspecified atom stereocenters. The number of hydrogen-bond acceptors (Lipinski definition) is 5. The van der Waals surface area contributed by atoms with Crippen molar-refractivity contribution in [2.24, 2.45) is 4.99 Å². The summed E-state index contributed by atoms with van der Waals surface area (Å²) in [4.78, 5) is 40.1. The summed E-state index contributed by atoms with van der Waals surface area (Å²) in [5.74, 6) is 1.50. The minimum atomic E-state index is -0.212. The second-order valence-electron chi connectivity index (χ2n) is 11.4. The Kier molecular flexibility index (Phi) is 8.16. The number of aromatic nitrogens is 2. The van der Waals surface area contributed by atoms with E-state index in [2.05, 4.69) is 22.4 Å². The van der Waals surface area contributed by atoms with Crippen LogP contribution in [0.15, 0.2) is 151 Å². The van der Waals surface area contributed by atoms with E-state index in [1.54, 1.807) is 0 Å². The van der Waals surface area contributed by atoms with Crippen LogP contribution in [-0.4, -0.2) is 33.4 Å². The number of aromatic amines is 1. The molecule has 5 aromatic carbocycles. The van der Waals surface area contributed by atoms with Crippen molar-refractivity contribution >= 4 is 17.4 Å². The number of carbonyl (C=O) groups is 2. The lowest BCUT2D eigenvalue weighted by molar-refractivity contribution is 0.0966. The van der Waals surface area contributed by atoms with Crippen LogP contribution in [0.5, 0.6) is 0 Å². The van der Waals surface area contributed by atoms with Crippen molar-refractivity contribution in [3.05, 3.63) is 174 Å². The highest BCUT2D eigenvalue weighted by molar-refractivity contribution is 6.03. The molecular formula is C40H32N4O2. The van der Waals surface area contributed by atoms with E-state index in [9.17, 15) is 9.59 Å². The maximum absolute atomic E-state index is 13.3. The SMILES string of the molecule is O=C(Cc1[nH]c(-c2cccc(C3=NC(c4ccccc4)C(CC(=O)c4ccccc4)N3)c2)nc1-c1ccccc1)c1ccccc1. The fourth-order valence-corrected chi connectivity index (χ4v) is 5.95. The molecule has 0 spiro atoms. The molecule has 6 heteroatoms. The van der Waals surface area contributed by atoms with Gasteiger partial charge in [-0.3, -0.25) is 14.6 Å². The van der Waals surface area contributed by atoms with E-state index >= 15 is 0 Å². The zero-order chi connectivity index (χ0) is 31.3. The van der Waals surface area contributed by atoms with E-state index < -0.39 is 0 Å². The van der Waals surface area contributed by atoms with Crippen molar-refractivity contribution in [3.8, 4) is 22.6 Å². The lowest BCUT2D eigenvalue weighted by Crippen LogP contribution is -2.34. The van der Waals surface area contributed by atoms with Crippen LogP contribution < -0.4 is 5.32 Å². The van der Waals surface area contributed by atoms with Gasteiger partial charge in [0, 0.05) is 34.2 Å². The van der Waals surface area contributed by atoms with Gasteiger partial charge < -0.3 is 10.3 Å². The molecular weight excluding hydrogens is 568 g/mol. The van der Waals surface area contributed by atoms with Gasteiger partial charge in [-0.15, -0.1) is 0 Å². The van der Waals surface area contributed by atoms with Gasteiger partial charge in [0.2, 0.25) is 0 Å². The molecule has 6 nitrogen and oxygen atoms in total. The molecule has 2 heterocycles. The minimum absolute atomic E-state index is 0.0225. The molecule has 1 aromatic heterocycles. The molecule has 0 aliphatic carbocycles. The molecule has 2 N–H and O–H groups in total. The topological polar surface area (TPSA) is 87.2 Å². The van der Waals surface area contributed by atoms with Crippen LogP contribution in [0.25, 0.3) is 22.6 Å². The summed E-state index contributed by atoms with van der Waals surface area (Å²) in [6.45, 7) is 0. The van der Waals surface area contributed by atoms with Crippen LogP contribution in [0, 0.1) is 0 Å². The van der Waals surface area contributed by atoms with Crippen molar-refractivity contribution in [2.75, 3.05) is 0 Å². The molecule has 0 amide bonds. The minimum Gasteiger partial charge on any atom is -0.364 e. The number of carbonyl (C=O) groups excluding carboxylic acids is 2. The Balaban J connectivity index is 1.20. The number of amidine groups is 1. The maximum atomic E-state index is 13.3. The molecule has 7 rings (SSSR count). The first-order valence-corrected chi connectivity index (χ1v) is 15.4. The summed E-state index contributed by atoms with van der Waals surface area (Å²) >= 11 is 0. The Bertz CT molecular complexity index is 2000. The number of benzene rings is 5. The number of imidazole rings is 1. The van der Waals surface area contributed by atoms with Gasteiger partial charge in [0.05, 0.1) is 29.9 Å². The smallest absolute Gasteiger partial charge is 0.168 e. The number of aliphatic imine (C=N–C) groups is 1. The van der Waals surface area contributed by atoms with Crippen LogP contribution in [0.2, 0.25) is 0 Å². The number of Topliss-reactive ketones (excluding diaryl/α,β-unsaturated/α-hetero) is 2. The van der Waals surface area contributed by atoms with Gasteiger partial charge in [-0.1, -0.05) is 140 Å². The number of rotatable bonds is 10. The van der Waals surface area contributed by atoms with Crippen LogP contribution in [0.4, 0.5) is 0 Å². The number of ketones is 2. The Labute approximate surface area is 267 Å². The molecule has 1 aliphatic rings. The summed E-state index contributed by atoms with van der Waals surface area (Å²) < 4.78 is 0. The third kappa shape index (κ3) is 6.19. The quantitative estimate of drug-likeness (QED) is 0.157. The first kappa shape index (κ1) is 28.9. The van der Waals surface area contributed by atoms with Crippen molar-refractivity contribution in [2.45, 2.75) is 24.9 Å². The number of nitrogens with one attached hydrogen (secondary N) is 2. The Morgan fingerprint density at radius 3 is 1.85 bits per heavy atom. The van der Waals surface area contributed by atoms with Gasteiger partial charge in [-0.05, 0) is 11.6 Å².